The maximum absolute atomic E-state index is 5.90. The summed E-state index contributed by atoms with van der Waals surface area (Å²) in [5.74, 6) is 1.36. The molecule has 1 aliphatic rings. The number of hydrogen-bond acceptors (Lipinski definition) is 7. The minimum Gasteiger partial charge on any atom is -0.337 e. The molecule has 0 radical (unpaired) electrons. The van der Waals surface area contributed by atoms with Gasteiger partial charge in [0.05, 0.1) is 6.04 Å². The fourth-order valence-corrected chi connectivity index (χ4v) is 4.77. The van der Waals surface area contributed by atoms with Crippen molar-refractivity contribution >= 4 is 24.0 Å². The molecule has 1 heterocycles. The van der Waals surface area contributed by atoms with E-state index in [4.69, 9.17) is 15.6 Å². The van der Waals surface area contributed by atoms with Crippen LogP contribution in [0.15, 0.2) is 99.9 Å². The summed E-state index contributed by atoms with van der Waals surface area (Å²) in [5, 5.41) is 4.04. The van der Waals surface area contributed by atoms with E-state index in [9.17, 15) is 0 Å². The third-order valence-corrected chi connectivity index (χ3v) is 6.46. The average Bonchev–Trinajstić information content (AvgIpc) is 2.92. The molecule has 1 aliphatic heterocycles. The molecule has 0 bridgehead atoms. The highest BCUT2D eigenvalue weighted by Crippen LogP contribution is 2.31. The van der Waals surface area contributed by atoms with Crippen molar-refractivity contribution in [2.24, 2.45) is 15.9 Å². The number of nitrogens with two attached hydrogens (primary N) is 1. The van der Waals surface area contributed by atoms with Gasteiger partial charge in [-0.1, -0.05) is 88.0 Å². The number of aliphatic imine (C=N–C) groups is 1. The molecule has 0 spiro atoms. The van der Waals surface area contributed by atoms with Crippen LogP contribution >= 0.6 is 11.9 Å². The van der Waals surface area contributed by atoms with E-state index in [1.165, 1.54) is 10.5 Å². The summed E-state index contributed by atoms with van der Waals surface area (Å²) in [7, 11) is 0. The van der Waals surface area contributed by atoms with E-state index in [1.54, 1.807) is 18.2 Å². The Morgan fingerprint density at radius 2 is 1.78 bits per heavy atom. The Morgan fingerprint density at radius 3 is 2.39 bits per heavy atom. The highest BCUT2D eigenvalue weighted by molar-refractivity contribution is 7.97. The molecule has 194 valence electrons. The minimum atomic E-state index is 0.0275. The van der Waals surface area contributed by atoms with Gasteiger partial charge in [0.25, 0.3) is 5.88 Å². The standard InChI is InChI=1S/C27H35N5OS.C2H6/c1-4-18-29-33-26-20-22(3)31(21-23-13-8-6-9-14-23)27(30-26)25(5-2)32(19-12-17-28)34-24-15-10-7-11-16-24;1-2/h6-11,13-16,18,20,25H,3-5,12,17,19,21,28H2,1-2H3;1-2H3/b29-18-;. The van der Waals surface area contributed by atoms with Gasteiger partial charge in [-0.05, 0) is 55.5 Å². The van der Waals surface area contributed by atoms with Crippen LogP contribution in [0.25, 0.3) is 0 Å². The summed E-state index contributed by atoms with van der Waals surface area (Å²) in [6.07, 6.45) is 6.13. The van der Waals surface area contributed by atoms with E-state index in [0.29, 0.717) is 19.0 Å². The lowest BCUT2D eigenvalue weighted by Crippen LogP contribution is -2.46. The van der Waals surface area contributed by atoms with Gasteiger partial charge in [0.2, 0.25) is 0 Å². The molecule has 2 N–H and O–H groups in total. The van der Waals surface area contributed by atoms with Crippen LogP contribution < -0.4 is 5.73 Å². The lowest BCUT2D eigenvalue weighted by molar-refractivity contribution is 0.220. The molecule has 6 nitrogen and oxygen atoms in total. The summed E-state index contributed by atoms with van der Waals surface area (Å²) >= 11 is 1.74. The Morgan fingerprint density at radius 1 is 1.11 bits per heavy atom. The third kappa shape index (κ3) is 8.97. The van der Waals surface area contributed by atoms with Gasteiger partial charge in [-0.25, -0.2) is 4.31 Å². The van der Waals surface area contributed by atoms with Crippen molar-refractivity contribution in [1.82, 2.24) is 9.21 Å². The maximum Gasteiger partial charge on any atom is 0.252 e. The Balaban J connectivity index is 0.00000222. The van der Waals surface area contributed by atoms with Crippen molar-refractivity contribution in [2.45, 2.75) is 64.4 Å². The molecule has 3 rings (SSSR count). The van der Waals surface area contributed by atoms with Gasteiger partial charge in [-0.15, -0.1) is 0 Å². The molecule has 0 fully saturated rings. The molecule has 1 atom stereocenters. The second kappa shape index (κ2) is 16.7. The first-order valence-corrected chi connectivity index (χ1v) is 13.6. The van der Waals surface area contributed by atoms with E-state index in [1.807, 2.05) is 39.0 Å². The number of allylic oxidation sites excluding steroid dienone is 1. The van der Waals surface area contributed by atoms with Crippen LogP contribution in [0, 0.1) is 0 Å². The molecule has 7 heteroatoms. The van der Waals surface area contributed by atoms with Crippen LogP contribution in [0.4, 0.5) is 0 Å². The number of hydrogen-bond donors (Lipinski definition) is 1. The van der Waals surface area contributed by atoms with Crippen LogP contribution in [-0.4, -0.2) is 40.4 Å². The second-order valence-corrected chi connectivity index (χ2v) is 9.04. The molecule has 1 unspecified atom stereocenters. The summed E-state index contributed by atoms with van der Waals surface area (Å²) in [6.45, 7) is 14.7. The monoisotopic (exact) mass is 507 g/mol. The van der Waals surface area contributed by atoms with Gasteiger partial charge >= 0.3 is 0 Å². The van der Waals surface area contributed by atoms with Crippen LogP contribution in [0.1, 0.15) is 52.5 Å². The van der Waals surface area contributed by atoms with Crippen molar-refractivity contribution in [3.05, 3.63) is 90.5 Å². The topological polar surface area (TPSA) is 66.5 Å². The average molecular weight is 508 g/mol. The minimum absolute atomic E-state index is 0.0275. The first kappa shape index (κ1) is 29.4. The Kier molecular flexibility index (Phi) is 13.7. The lowest BCUT2D eigenvalue weighted by atomic mass is 10.1. The highest BCUT2D eigenvalue weighted by atomic mass is 32.2. The lowest BCUT2D eigenvalue weighted by Gasteiger charge is -2.38. The summed E-state index contributed by atoms with van der Waals surface area (Å²) in [5.41, 5.74) is 7.92. The number of nitrogens with zero attached hydrogens (tertiary/aromatic N) is 4. The van der Waals surface area contributed by atoms with Gasteiger partial charge < -0.3 is 15.5 Å². The van der Waals surface area contributed by atoms with E-state index < -0.39 is 0 Å². The Bertz CT molecular complexity index is 991. The summed E-state index contributed by atoms with van der Waals surface area (Å²) in [6, 6.07) is 20.8. The maximum atomic E-state index is 5.90. The molecular formula is C29H41N5OS. The van der Waals surface area contributed by atoms with E-state index in [0.717, 1.165) is 37.3 Å². The van der Waals surface area contributed by atoms with Crippen molar-refractivity contribution in [1.29, 1.82) is 0 Å². The molecular weight excluding hydrogens is 466 g/mol. The van der Waals surface area contributed by atoms with Crippen LogP contribution in [0.2, 0.25) is 0 Å². The van der Waals surface area contributed by atoms with Gasteiger partial charge in [0.15, 0.2) is 0 Å². The van der Waals surface area contributed by atoms with Crippen molar-refractivity contribution in [2.75, 3.05) is 13.1 Å². The Hall–Kier alpha value is -2.87. The molecule has 2 aromatic rings. The predicted octanol–water partition coefficient (Wildman–Crippen LogP) is 6.83. The van der Waals surface area contributed by atoms with Gasteiger partial charge in [-0.2, -0.15) is 4.99 Å². The highest BCUT2D eigenvalue weighted by Gasteiger charge is 2.31. The van der Waals surface area contributed by atoms with Crippen LogP contribution in [0.3, 0.4) is 0 Å². The van der Waals surface area contributed by atoms with Crippen molar-refractivity contribution < 1.29 is 4.84 Å². The number of oxime groups is 1. The largest absolute Gasteiger partial charge is 0.337 e. The fraction of sp³-hybridized carbons (Fsp3) is 0.379. The SMILES string of the molecule is C=C1C=C(O/N=C\CC)N=C(C(CC)N(CCCN)Sc2ccccc2)N1Cc1ccccc1.CC. The molecule has 2 aromatic carbocycles. The second-order valence-electron chi connectivity index (χ2n) is 7.91. The molecule has 0 aliphatic carbocycles. The van der Waals surface area contributed by atoms with E-state index >= 15 is 0 Å². The molecule has 0 aromatic heterocycles. The van der Waals surface area contributed by atoms with Gasteiger partial charge in [-0.3, -0.25) is 0 Å². The number of rotatable bonds is 13. The molecule has 0 saturated heterocycles. The zero-order valence-corrected chi connectivity index (χ0v) is 23.0. The molecule has 0 saturated carbocycles. The van der Waals surface area contributed by atoms with Gasteiger partial charge in [0, 0.05) is 36.0 Å². The quantitative estimate of drug-likeness (QED) is 0.183. The van der Waals surface area contributed by atoms with Crippen molar-refractivity contribution in [3.8, 4) is 0 Å². The molecule has 36 heavy (non-hydrogen) atoms. The zero-order valence-electron chi connectivity index (χ0n) is 22.1. The fourth-order valence-electron chi connectivity index (χ4n) is 3.63. The van der Waals surface area contributed by atoms with E-state index in [-0.39, 0.29) is 6.04 Å². The normalized spacial score (nSPS) is 14.3. The van der Waals surface area contributed by atoms with E-state index in [2.05, 4.69) is 76.4 Å². The molecule has 0 amide bonds. The number of amidine groups is 1. The first-order valence-electron chi connectivity index (χ1n) is 12.9. The van der Waals surface area contributed by atoms with Crippen molar-refractivity contribution in [3.63, 3.8) is 0 Å². The summed E-state index contributed by atoms with van der Waals surface area (Å²) in [4.78, 5) is 13.9. The van der Waals surface area contributed by atoms with Crippen LogP contribution in [0.5, 0.6) is 0 Å². The predicted molar refractivity (Wildman–Crippen MR) is 155 cm³/mol. The number of benzene rings is 2. The smallest absolute Gasteiger partial charge is 0.252 e. The third-order valence-electron chi connectivity index (χ3n) is 5.31. The Labute approximate surface area is 221 Å². The van der Waals surface area contributed by atoms with Gasteiger partial charge in [0.1, 0.15) is 5.84 Å². The zero-order chi connectivity index (χ0) is 26.2. The van der Waals surface area contributed by atoms with Crippen LogP contribution in [-0.2, 0) is 11.4 Å². The first-order chi connectivity index (χ1) is 17.7. The summed E-state index contributed by atoms with van der Waals surface area (Å²) < 4.78 is 2.38.